The molecule has 2 atom stereocenters. The summed E-state index contributed by atoms with van der Waals surface area (Å²) in [5.74, 6) is 0.171. The number of carbonyl (C=O) groups excluding carboxylic acids is 1. The summed E-state index contributed by atoms with van der Waals surface area (Å²) in [6, 6.07) is 7.27. The summed E-state index contributed by atoms with van der Waals surface area (Å²) in [5.41, 5.74) is 11.9. The molecule has 0 spiro atoms. The van der Waals surface area contributed by atoms with Crippen molar-refractivity contribution >= 4 is 5.91 Å². The summed E-state index contributed by atoms with van der Waals surface area (Å²) in [5, 5.41) is 0. The van der Waals surface area contributed by atoms with Crippen molar-refractivity contribution in [3.05, 3.63) is 29.8 Å². The molecule has 4 heteroatoms. The zero-order valence-corrected chi connectivity index (χ0v) is 9.64. The molecule has 0 aliphatic rings. The van der Waals surface area contributed by atoms with Crippen LogP contribution in [0.3, 0.4) is 0 Å². The van der Waals surface area contributed by atoms with Crippen LogP contribution in [0.2, 0.25) is 0 Å². The van der Waals surface area contributed by atoms with Crippen LogP contribution >= 0.6 is 0 Å². The first kappa shape index (κ1) is 12.5. The van der Waals surface area contributed by atoms with E-state index < -0.39 is 12.0 Å². The van der Waals surface area contributed by atoms with Crippen LogP contribution in [-0.2, 0) is 4.79 Å². The first-order valence-electron chi connectivity index (χ1n) is 5.36. The molecule has 0 aliphatic carbocycles. The Morgan fingerprint density at radius 3 is 2.56 bits per heavy atom. The number of ether oxygens (including phenoxy) is 1. The van der Waals surface area contributed by atoms with E-state index in [9.17, 15) is 4.79 Å². The van der Waals surface area contributed by atoms with Crippen LogP contribution in [0.4, 0.5) is 0 Å². The van der Waals surface area contributed by atoms with E-state index in [0.717, 1.165) is 5.56 Å². The Kier molecular flexibility index (Phi) is 4.31. The van der Waals surface area contributed by atoms with Crippen molar-refractivity contribution in [1.29, 1.82) is 0 Å². The monoisotopic (exact) mass is 222 g/mol. The lowest BCUT2D eigenvalue weighted by atomic mass is 10.1. The third-order valence-electron chi connectivity index (χ3n) is 2.37. The van der Waals surface area contributed by atoms with Gasteiger partial charge in [0.25, 0.3) is 5.91 Å². The second-order valence-electron chi connectivity index (χ2n) is 3.74. The third kappa shape index (κ3) is 2.97. The van der Waals surface area contributed by atoms with Gasteiger partial charge in [0.05, 0.1) is 0 Å². The number of primary amides is 1. The molecule has 1 aromatic rings. The molecule has 0 bridgehead atoms. The third-order valence-corrected chi connectivity index (χ3v) is 2.37. The van der Waals surface area contributed by atoms with Gasteiger partial charge in [-0.25, -0.2) is 0 Å². The van der Waals surface area contributed by atoms with Gasteiger partial charge < -0.3 is 16.2 Å². The molecule has 1 rings (SSSR count). The minimum Gasteiger partial charge on any atom is -0.480 e. The van der Waals surface area contributed by atoms with Gasteiger partial charge in [0, 0.05) is 11.6 Å². The fourth-order valence-electron chi connectivity index (χ4n) is 1.46. The molecule has 0 radical (unpaired) electrons. The first-order chi connectivity index (χ1) is 7.56. The summed E-state index contributed by atoms with van der Waals surface area (Å²) in [4.78, 5) is 11.1. The SMILES string of the molecule is CCC(Oc1ccccc1[C@H](C)N)C(N)=O. The highest BCUT2D eigenvalue weighted by Crippen LogP contribution is 2.24. The molecule has 1 amide bonds. The molecule has 4 N–H and O–H groups in total. The Labute approximate surface area is 95.6 Å². The van der Waals surface area contributed by atoms with Crippen molar-refractivity contribution in [2.45, 2.75) is 32.4 Å². The number of para-hydroxylation sites is 1. The lowest BCUT2D eigenvalue weighted by Crippen LogP contribution is -2.33. The summed E-state index contributed by atoms with van der Waals surface area (Å²) in [6.45, 7) is 3.72. The zero-order valence-electron chi connectivity index (χ0n) is 9.64. The smallest absolute Gasteiger partial charge is 0.258 e. The predicted octanol–water partition coefficient (Wildman–Crippen LogP) is 1.35. The maximum Gasteiger partial charge on any atom is 0.258 e. The van der Waals surface area contributed by atoms with Gasteiger partial charge in [-0.3, -0.25) is 4.79 Å². The topological polar surface area (TPSA) is 78.3 Å². The fourth-order valence-corrected chi connectivity index (χ4v) is 1.46. The Morgan fingerprint density at radius 1 is 1.44 bits per heavy atom. The average Bonchev–Trinajstić information content (AvgIpc) is 2.25. The average molecular weight is 222 g/mol. The lowest BCUT2D eigenvalue weighted by Gasteiger charge is -2.18. The van der Waals surface area contributed by atoms with Crippen molar-refractivity contribution in [2.24, 2.45) is 11.5 Å². The zero-order chi connectivity index (χ0) is 12.1. The Morgan fingerprint density at radius 2 is 2.06 bits per heavy atom. The summed E-state index contributed by atoms with van der Waals surface area (Å²) in [7, 11) is 0. The highest BCUT2D eigenvalue weighted by molar-refractivity contribution is 5.79. The number of nitrogens with two attached hydrogens (primary N) is 2. The standard InChI is InChI=1S/C12H18N2O2/c1-3-10(12(14)15)16-11-7-5-4-6-9(11)8(2)13/h4-8,10H,3,13H2,1-2H3,(H2,14,15)/t8-,10?/m0/s1. The Hall–Kier alpha value is -1.55. The van der Waals surface area contributed by atoms with E-state index in [2.05, 4.69) is 0 Å². The summed E-state index contributed by atoms with van der Waals surface area (Å²) in [6.07, 6.45) is -0.0530. The van der Waals surface area contributed by atoms with Gasteiger partial charge in [-0.15, -0.1) is 0 Å². The van der Waals surface area contributed by atoms with Crippen molar-refractivity contribution in [1.82, 2.24) is 0 Å². The predicted molar refractivity (Wildman–Crippen MR) is 62.9 cm³/mol. The van der Waals surface area contributed by atoms with Crippen LogP contribution in [0.15, 0.2) is 24.3 Å². The van der Waals surface area contributed by atoms with Gasteiger partial charge in [0.1, 0.15) is 5.75 Å². The van der Waals surface area contributed by atoms with Crippen molar-refractivity contribution in [3.8, 4) is 5.75 Å². The number of hydrogen-bond donors (Lipinski definition) is 2. The number of amides is 1. The lowest BCUT2D eigenvalue weighted by molar-refractivity contribution is -0.124. The molecule has 88 valence electrons. The molecule has 0 fully saturated rings. The maximum absolute atomic E-state index is 11.1. The Balaban J connectivity index is 2.91. The summed E-state index contributed by atoms with van der Waals surface area (Å²) < 4.78 is 5.56. The first-order valence-corrected chi connectivity index (χ1v) is 5.36. The molecule has 1 unspecified atom stereocenters. The van der Waals surface area contributed by atoms with Gasteiger partial charge in [0.2, 0.25) is 0 Å². The van der Waals surface area contributed by atoms with Crippen LogP contribution in [0.5, 0.6) is 5.75 Å². The molecule has 16 heavy (non-hydrogen) atoms. The molecule has 0 saturated carbocycles. The van der Waals surface area contributed by atoms with Gasteiger partial charge in [-0.2, -0.15) is 0 Å². The highest BCUT2D eigenvalue weighted by Gasteiger charge is 2.17. The number of carbonyl (C=O) groups is 1. The number of benzene rings is 1. The van der Waals surface area contributed by atoms with E-state index in [4.69, 9.17) is 16.2 Å². The second-order valence-corrected chi connectivity index (χ2v) is 3.74. The van der Waals surface area contributed by atoms with Gasteiger partial charge in [0.15, 0.2) is 6.10 Å². The summed E-state index contributed by atoms with van der Waals surface area (Å²) >= 11 is 0. The van der Waals surface area contributed by atoms with E-state index in [-0.39, 0.29) is 6.04 Å². The molecule has 0 aromatic heterocycles. The number of hydrogen-bond acceptors (Lipinski definition) is 3. The maximum atomic E-state index is 11.1. The number of rotatable bonds is 5. The fraction of sp³-hybridized carbons (Fsp3) is 0.417. The minimum atomic E-state index is -0.597. The highest BCUT2D eigenvalue weighted by atomic mass is 16.5. The second kappa shape index (κ2) is 5.51. The van der Waals surface area contributed by atoms with Gasteiger partial charge >= 0.3 is 0 Å². The Bertz CT molecular complexity index is 364. The van der Waals surface area contributed by atoms with E-state index in [1.807, 2.05) is 32.0 Å². The van der Waals surface area contributed by atoms with Gasteiger partial charge in [-0.1, -0.05) is 25.1 Å². The van der Waals surface area contributed by atoms with E-state index in [0.29, 0.717) is 12.2 Å². The minimum absolute atomic E-state index is 0.137. The van der Waals surface area contributed by atoms with E-state index >= 15 is 0 Å². The molecule has 1 aromatic carbocycles. The quantitative estimate of drug-likeness (QED) is 0.789. The molecular formula is C12H18N2O2. The molecule has 0 heterocycles. The normalized spacial score (nSPS) is 14.2. The van der Waals surface area contributed by atoms with Crippen LogP contribution < -0.4 is 16.2 Å². The van der Waals surface area contributed by atoms with E-state index in [1.54, 1.807) is 6.07 Å². The van der Waals surface area contributed by atoms with E-state index in [1.165, 1.54) is 0 Å². The molecular weight excluding hydrogens is 204 g/mol. The van der Waals surface area contributed by atoms with Crippen LogP contribution in [-0.4, -0.2) is 12.0 Å². The van der Waals surface area contributed by atoms with Gasteiger partial charge in [-0.05, 0) is 19.4 Å². The van der Waals surface area contributed by atoms with Crippen LogP contribution in [0, 0.1) is 0 Å². The molecule has 4 nitrogen and oxygen atoms in total. The van der Waals surface area contributed by atoms with Crippen molar-refractivity contribution in [2.75, 3.05) is 0 Å². The molecule has 0 saturated heterocycles. The molecule has 0 aliphatic heterocycles. The van der Waals surface area contributed by atoms with Crippen LogP contribution in [0.25, 0.3) is 0 Å². The van der Waals surface area contributed by atoms with Crippen LogP contribution in [0.1, 0.15) is 31.9 Å². The van der Waals surface area contributed by atoms with Crippen molar-refractivity contribution < 1.29 is 9.53 Å². The van der Waals surface area contributed by atoms with Crippen molar-refractivity contribution in [3.63, 3.8) is 0 Å². The largest absolute Gasteiger partial charge is 0.480 e.